The number of nitrogens with one attached hydrogen (secondary N) is 2. The SMILES string of the molecule is CCNC(=NCC1(c2ccc(OCC)cc2)CCOCC1)NCCc1ncc(C)s1.I. The van der Waals surface area contributed by atoms with Crippen molar-refractivity contribution < 1.29 is 9.47 Å². The second kappa shape index (κ2) is 13.2. The summed E-state index contributed by atoms with van der Waals surface area (Å²) >= 11 is 1.75. The van der Waals surface area contributed by atoms with E-state index in [9.17, 15) is 0 Å². The molecule has 2 N–H and O–H groups in total. The Bertz CT molecular complexity index is 804. The molecule has 0 radical (unpaired) electrons. The molecule has 172 valence electrons. The lowest BCUT2D eigenvalue weighted by molar-refractivity contribution is 0.0531. The fourth-order valence-electron chi connectivity index (χ4n) is 3.75. The fourth-order valence-corrected chi connectivity index (χ4v) is 4.54. The monoisotopic (exact) mass is 558 g/mol. The van der Waals surface area contributed by atoms with Gasteiger partial charge >= 0.3 is 0 Å². The highest BCUT2D eigenvalue weighted by Crippen LogP contribution is 2.36. The molecule has 1 saturated heterocycles. The molecule has 6 nitrogen and oxygen atoms in total. The Labute approximate surface area is 207 Å². The number of thiazole rings is 1. The number of nitrogens with zero attached hydrogens (tertiary/aromatic N) is 2. The van der Waals surface area contributed by atoms with Crippen molar-refractivity contribution in [2.45, 2.75) is 45.4 Å². The Balaban J connectivity index is 0.00000341. The van der Waals surface area contributed by atoms with Gasteiger partial charge in [-0.05, 0) is 51.3 Å². The van der Waals surface area contributed by atoms with Crippen LogP contribution < -0.4 is 15.4 Å². The number of hydrogen-bond donors (Lipinski definition) is 2. The van der Waals surface area contributed by atoms with Crippen LogP contribution >= 0.6 is 35.3 Å². The first-order valence-corrected chi connectivity index (χ1v) is 11.7. The van der Waals surface area contributed by atoms with Crippen LogP contribution in [0.1, 0.15) is 42.1 Å². The van der Waals surface area contributed by atoms with E-state index in [1.165, 1.54) is 10.4 Å². The van der Waals surface area contributed by atoms with Gasteiger partial charge in [-0.3, -0.25) is 4.99 Å². The predicted octanol–water partition coefficient (Wildman–Crippen LogP) is 4.31. The smallest absolute Gasteiger partial charge is 0.191 e. The number of aromatic nitrogens is 1. The molecule has 0 amide bonds. The highest BCUT2D eigenvalue weighted by atomic mass is 127. The molecule has 0 bridgehead atoms. The number of rotatable bonds is 9. The van der Waals surface area contributed by atoms with E-state index in [-0.39, 0.29) is 29.4 Å². The first-order valence-electron chi connectivity index (χ1n) is 10.9. The van der Waals surface area contributed by atoms with E-state index in [0.717, 1.165) is 68.8 Å². The zero-order valence-corrected chi connectivity index (χ0v) is 21.9. The molecule has 0 aliphatic carbocycles. The zero-order valence-electron chi connectivity index (χ0n) is 18.8. The second-order valence-electron chi connectivity index (χ2n) is 7.59. The van der Waals surface area contributed by atoms with Crippen LogP contribution in [-0.2, 0) is 16.6 Å². The minimum absolute atomic E-state index is 0. The van der Waals surface area contributed by atoms with E-state index in [1.54, 1.807) is 11.3 Å². The van der Waals surface area contributed by atoms with Crippen molar-refractivity contribution in [3.63, 3.8) is 0 Å². The number of halogens is 1. The van der Waals surface area contributed by atoms with Crippen molar-refractivity contribution in [1.82, 2.24) is 15.6 Å². The van der Waals surface area contributed by atoms with Gasteiger partial charge in [0.2, 0.25) is 0 Å². The summed E-state index contributed by atoms with van der Waals surface area (Å²) in [5.74, 6) is 1.78. The minimum Gasteiger partial charge on any atom is -0.494 e. The van der Waals surface area contributed by atoms with Crippen LogP contribution in [0, 0.1) is 6.92 Å². The van der Waals surface area contributed by atoms with Gasteiger partial charge in [0, 0.05) is 49.2 Å². The lowest BCUT2D eigenvalue weighted by Gasteiger charge is -2.36. The summed E-state index contributed by atoms with van der Waals surface area (Å²) in [5.41, 5.74) is 1.31. The summed E-state index contributed by atoms with van der Waals surface area (Å²) in [6.07, 6.45) is 4.79. The average Bonchev–Trinajstić information content (AvgIpc) is 3.18. The summed E-state index contributed by atoms with van der Waals surface area (Å²) in [6, 6.07) is 8.52. The molecule has 0 saturated carbocycles. The molecule has 0 atom stereocenters. The van der Waals surface area contributed by atoms with E-state index in [2.05, 4.69) is 53.7 Å². The van der Waals surface area contributed by atoms with Crippen LogP contribution in [0.3, 0.4) is 0 Å². The maximum Gasteiger partial charge on any atom is 0.191 e. The van der Waals surface area contributed by atoms with E-state index >= 15 is 0 Å². The Hall–Kier alpha value is -1.39. The maximum absolute atomic E-state index is 5.67. The van der Waals surface area contributed by atoms with Gasteiger partial charge in [0.05, 0.1) is 18.2 Å². The molecule has 1 aromatic carbocycles. The highest BCUT2D eigenvalue weighted by Gasteiger charge is 2.34. The molecule has 3 rings (SSSR count). The van der Waals surface area contributed by atoms with Crippen molar-refractivity contribution >= 4 is 41.3 Å². The first kappa shape index (κ1) is 25.9. The molecule has 1 aliphatic rings. The zero-order chi connectivity index (χ0) is 21.2. The second-order valence-corrected chi connectivity index (χ2v) is 8.91. The molecular weight excluding hydrogens is 523 g/mol. The molecule has 2 heterocycles. The lowest BCUT2D eigenvalue weighted by atomic mass is 9.74. The van der Waals surface area contributed by atoms with E-state index in [4.69, 9.17) is 14.5 Å². The molecule has 0 spiro atoms. The molecular formula is C23H35IN4O2S. The van der Waals surface area contributed by atoms with Gasteiger partial charge in [0.15, 0.2) is 5.96 Å². The summed E-state index contributed by atoms with van der Waals surface area (Å²) in [7, 11) is 0. The van der Waals surface area contributed by atoms with Gasteiger partial charge in [-0.25, -0.2) is 4.98 Å². The van der Waals surface area contributed by atoms with Gasteiger partial charge in [0.1, 0.15) is 5.75 Å². The third-order valence-corrected chi connectivity index (χ3v) is 6.38. The molecule has 1 aliphatic heterocycles. The normalized spacial score (nSPS) is 15.8. The van der Waals surface area contributed by atoms with Crippen molar-refractivity contribution in [1.29, 1.82) is 0 Å². The molecule has 2 aromatic rings. The van der Waals surface area contributed by atoms with Crippen molar-refractivity contribution in [3.05, 3.63) is 45.9 Å². The predicted molar refractivity (Wildman–Crippen MR) is 139 cm³/mol. The minimum atomic E-state index is -0.00222. The van der Waals surface area contributed by atoms with Crippen LogP contribution in [0.5, 0.6) is 5.75 Å². The molecule has 31 heavy (non-hydrogen) atoms. The number of hydrogen-bond acceptors (Lipinski definition) is 5. The molecule has 1 aromatic heterocycles. The summed E-state index contributed by atoms with van der Waals surface area (Å²) in [4.78, 5) is 10.7. The summed E-state index contributed by atoms with van der Waals surface area (Å²) < 4.78 is 11.3. The van der Waals surface area contributed by atoms with Gasteiger partial charge in [-0.2, -0.15) is 0 Å². The Kier molecular flexibility index (Phi) is 11.0. The van der Waals surface area contributed by atoms with Crippen molar-refractivity contribution in [3.8, 4) is 5.75 Å². The van der Waals surface area contributed by atoms with Crippen LogP contribution in [0.2, 0.25) is 0 Å². The fraction of sp³-hybridized carbons (Fsp3) is 0.565. The summed E-state index contributed by atoms with van der Waals surface area (Å²) in [5, 5.41) is 8.00. The van der Waals surface area contributed by atoms with E-state index < -0.39 is 0 Å². The van der Waals surface area contributed by atoms with Crippen LogP contribution in [-0.4, -0.2) is 50.4 Å². The molecule has 8 heteroatoms. The van der Waals surface area contributed by atoms with Gasteiger partial charge in [-0.15, -0.1) is 35.3 Å². The Morgan fingerprint density at radius 3 is 2.55 bits per heavy atom. The van der Waals surface area contributed by atoms with Crippen LogP contribution in [0.4, 0.5) is 0 Å². The van der Waals surface area contributed by atoms with Gasteiger partial charge < -0.3 is 20.1 Å². The van der Waals surface area contributed by atoms with Crippen molar-refractivity contribution in [2.24, 2.45) is 4.99 Å². The Morgan fingerprint density at radius 2 is 1.94 bits per heavy atom. The largest absolute Gasteiger partial charge is 0.494 e. The standard InChI is InChI=1S/C23H34N4O2S.HI/c1-4-24-22(25-13-10-21-26-16-18(3)30-21)27-17-23(11-14-28-15-12-23)19-6-8-20(9-7-19)29-5-2;/h6-9,16H,4-5,10-15,17H2,1-3H3,(H2,24,25,27);1H. The van der Waals surface area contributed by atoms with E-state index in [0.29, 0.717) is 6.61 Å². The van der Waals surface area contributed by atoms with Gasteiger partial charge in [-0.1, -0.05) is 12.1 Å². The van der Waals surface area contributed by atoms with Crippen molar-refractivity contribution in [2.75, 3.05) is 39.5 Å². The molecule has 0 unspecified atom stereocenters. The van der Waals surface area contributed by atoms with Crippen LogP contribution in [0.15, 0.2) is 35.5 Å². The Morgan fingerprint density at radius 1 is 1.19 bits per heavy atom. The third kappa shape index (κ3) is 7.61. The summed E-state index contributed by atoms with van der Waals surface area (Å²) in [6.45, 7) is 10.8. The number of aliphatic imine (C=N–C) groups is 1. The molecule has 1 fully saturated rings. The number of ether oxygens (including phenoxy) is 2. The first-order chi connectivity index (χ1) is 14.6. The number of guanidine groups is 1. The lowest BCUT2D eigenvalue weighted by Crippen LogP contribution is -2.41. The quantitative estimate of drug-likeness (QED) is 0.273. The maximum atomic E-state index is 5.67. The number of benzene rings is 1. The van der Waals surface area contributed by atoms with Crippen LogP contribution in [0.25, 0.3) is 0 Å². The topological polar surface area (TPSA) is 67.8 Å². The highest BCUT2D eigenvalue weighted by molar-refractivity contribution is 14.0. The third-order valence-electron chi connectivity index (χ3n) is 5.41. The van der Waals surface area contributed by atoms with E-state index in [1.807, 2.05) is 13.1 Å². The van der Waals surface area contributed by atoms with Gasteiger partial charge in [0.25, 0.3) is 0 Å². The average molecular weight is 559 g/mol. The number of aryl methyl sites for hydroxylation is 1.